The van der Waals surface area contributed by atoms with Crippen molar-refractivity contribution < 1.29 is 19.0 Å². The van der Waals surface area contributed by atoms with Gasteiger partial charge in [-0.05, 0) is 31.2 Å². The van der Waals surface area contributed by atoms with E-state index in [1.54, 1.807) is 24.3 Å². The lowest BCUT2D eigenvalue weighted by Crippen LogP contribution is -2.17. The predicted molar refractivity (Wildman–Crippen MR) is 95.3 cm³/mol. The molecule has 3 rings (SSSR count). The summed E-state index contributed by atoms with van der Waals surface area (Å²) < 4.78 is 16.2. The summed E-state index contributed by atoms with van der Waals surface area (Å²) in [6.45, 7) is 2.52. The van der Waals surface area contributed by atoms with E-state index in [0.29, 0.717) is 45.0 Å². The van der Waals surface area contributed by atoms with E-state index in [9.17, 15) is 4.79 Å². The highest BCUT2D eigenvalue weighted by atomic mass is 35.5. The Kier molecular flexibility index (Phi) is 5.31. The van der Waals surface area contributed by atoms with Crippen molar-refractivity contribution >= 4 is 35.3 Å². The molecule has 0 saturated heterocycles. The van der Waals surface area contributed by atoms with E-state index in [-0.39, 0.29) is 6.79 Å². The van der Waals surface area contributed by atoms with Gasteiger partial charge in [-0.3, -0.25) is 4.79 Å². The number of benzene rings is 2. The number of halogens is 2. The summed E-state index contributed by atoms with van der Waals surface area (Å²) in [5.74, 6) is 1.38. The van der Waals surface area contributed by atoms with Crippen LogP contribution in [0.25, 0.3) is 0 Å². The Balaban J connectivity index is 1.75. The molecule has 0 radical (unpaired) electrons. The molecular formula is C17H14Cl2N2O4. The van der Waals surface area contributed by atoms with Crippen LogP contribution in [0.4, 0.5) is 0 Å². The van der Waals surface area contributed by atoms with Crippen molar-refractivity contribution in [2.45, 2.75) is 6.92 Å². The molecular weight excluding hydrogens is 367 g/mol. The van der Waals surface area contributed by atoms with Crippen molar-refractivity contribution in [3.8, 4) is 17.2 Å². The van der Waals surface area contributed by atoms with Gasteiger partial charge in [0.15, 0.2) is 11.5 Å². The molecule has 1 heterocycles. The maximum absolute atomic E-state index is 12.1. The maximum atomic E-state index is 12.1. The molecule has 0 atom stereocenters. The highest BCUT2D eigenvalue weighted by Gasteiger charge is 2.17. The second-order valence-electron chi connectivity index (χ2n) is 5.00. The second-order valence-corrected chi connectivity index (χ2v) is 5.82. The minimum Gasteiger partial charge on any atom is -0.493 e. The summed E-state index contributed by atoms with van der Waals surface area (Å²) in [6, 6.07) is 8.05. The van der Waals surface area contributed by atoms with Gasteiger partial charge in [-0.25, -0.2) is 5.43 Å². The monoisotopic (exact) mass is 380 g/mol. The number of carbonyl (C=O) groups excluding carboxylic acids is 1. The van der Waals surface area contributed by atoms with Crippen LogP contribution in [0.2, 0.25) is 10.0 Å². The fraction of sp³-hybridized carbons (Fsp3) is 0.176. The van der Waals surface area contributed by atoms with Crippen molar-refractivity contribution in [1.29, 1.82) is 0 Å². The highest BCUT2D eigenvalue weighted by molar-refractivity contribution is 6.42. The fourth-order valence-electron chi connectivity index (χ4n) is 2.18. The summed E-state index contributed by atoms with van der Waals surface area (Å²) >= 11 is 11.7. The number of fused-ring (bicyclic) bond motifs is 1. The number of carbonyl (C=O) groups is 1. The van der Waals surface area contributed by atoms with Crippen LogP contribution >= 0.6 is 23.2 Å². The van der Waals surface area contributed by atoms with Crippen molar-refractivity contribution in [3.05, 3.63) is 51.5 Å². The van der Waals surface area contributed by atoms with Crippen LogP contribution in [0.3, 0.4) is 0 Å². The van der Waals surface area contributed by atoms with E-state index in [1.165, 1.54) is 12.3 Å². The summed E-state index contributed by atoms with van der Waals surface area (Å²) in [7, 11) is 0. The van der Waals surface area contributed by atoms with Crippen molar-refractivity contribution in [3.63, 3.8) is 0 Å². The van der Waals surface area contributed by atoms with Crippen molar-refractivity contribution in [1.82, 2.24) is 5.43 Å². The average molecular weight is 381 g/mol. The molecule has 2 aromatic rings. The summed E-state index contributed by atoms with van der Waals surface area (Å²) in [4.78, 5) is 12.1. The Morgan fingerprint density at radius 3 is 2.72 bits per heavy atom. The Bertz CT molecular complexity index is 840. The van der Waals surface area contributed by atoms with E-state index in [0.717, 1.165) is 0 Å². The lowest BCUT2D eigenvalue weighted by Gasteiger charge is -2.08. The smallest absolute Gasteiger partial charge is 0.271 e. The number of hydrazone groups is 1. The summed E-state index contributed by atoms with van der Waals surface area (Å²) in [5.41, 5.74) is 3.43. The molecule has 0 aliphatic carbocycles. The first-order chi connectivity index (χ1) is 12.1. The maximum Gasteiger partial charge on any atom is 0.271 e. The largest absolute Gasteiger partial charge is 0.493 e. The average Bonchev–Trinajstić information content (AvgIpc) is 3.04. The molecule has 8 heteroatoms. The van der Waals surface area contributed by atoms with Gasteiger partial charge in [0.1, 0.15) is 5.75 Å². The zero-order valence-corrected chi connectivity index (χ0v) is 14.7. The van der Waals surface area contributed by atoms with Gasteiger partial charge in [-0.15, -0.1) is 0 Å². The van der Waals surface area contributed by atoms with Crippen LogP contribution in [-0.4, -0.2) is 25.5 Å². The molecule has 0 unspecified atom stereocenters. The Morgan fingerprint density at radius 1 is 1.24 bits per heavy atom. The second kappa shape index (κ2) is 7.63. The minimum absolute atomic E-state index is 0.162. The first-order valence-electron chi connectivity index (χ1n) is 7.43. The topological polar surface area (TPSA) is 69.2 Å². The van der Waals surface area contributed by atoms with Crippen molar-refractivity contribution in [2.24, 2.45) is 5.10 Å². The number of amides is 1. The lowest BCUT2D eigenvalue weighted by atomic mass is 10.2. The van der Waals surface area contributed by atoms with Crippen LogP contribution in [0.1, 0.15) is 22.8 Å². The molecule has 1 amide bonds. The van der Waals surface area contributed by atoms with Gasteiger partial charge in [-0.1, -0.05) is 23.2 Å². The van der Waals surface area contributed by atoms with Crippen LogP contribution < -0.4 is 19.6 Å². The molecule has 0 aromatic heterocycles. The fourth-order valence-corrected chi connectivity index (χ4v) is 2.48. The van der Waals surface area contributed by atoms with E-state index in [1.807, 2.05) is 6.92 Å². The minimum atomic E-state index is -0.409. The zero-order valence-electron chi connectivity index (χ0n) is 13.2. The predicted octanol–water partition coefficient (Wildman–Crippen LogP) is 3.88. The first kappa shape index (κ1) is 17.4. The molecule has 6 nitrogen and oxygen atoms in total. The SMILES string of the molecule is CCOc1cc2c(cc1/C=N/NC(=O)c1ccc(Cl)c(Cl)c1)OCO2. The zero-order chi connectivity index (χ0) is 17.8. The molecule has 0 saturated carbocycles. The number of rotatable bonds is 5. The summed E-state index contributed by atoms with van der Waals surface area (Å²) in [5, 5.41) is 4.64. The van der Waals surface area contributed by atoms with Crippen LogP contribution in [0.15, 0.2) is 35.4 Å². The third-order valence-corrected chi connectivity index (χ3v) is 4.10. The lowest BCUT2D eigenvalue weighted by molar-refractivity contribution is 0.0955. The van der Waals surface area contributed by atoms with Crippen LogP contribution in [0.5, 0.6) is 17.2 Å². The van der Waals surface area contributed by atoms with Gasteiger partial charge in [0.2, 0.25) is 6.79 Å². The molecule has 1 aliphatic heterocycles. The molecule has 1 N–H and O–H groups in total. The highest BCUT2D eigenvalue weighted by Crippen LogP contribution is 2.37. The van der Waals surface area contributed by atoms with Gasteiger partial charge in [0.25, 0.3) is 5.91 Å². The number of nitrogens with one attached hydrogen (secondary N) is 1. The van der Waals surface area contributed by atoms with Gasteiger partial charge < -0.3 is 14.2 Å². The normalized spacial score (nSPS) is 12.4. The molecule has 0 bridgehead atoms. The Labute approximate surface area is 154 Å². The molecule has 0 spiro atoms. The third kappa shape index (κ3) is 3.97. The number of hydrogen-bond donors (Lipinski definition) is 1. The molecule has 1 aliphatic rings. The Hall–Kier alpha value is -2.44. The number of nitrogens with zero attached hydrogens (tertiary/aromatic N) is 1. The standard InChI is InChI=1S/C17H14Cl2N2O4/c1-2-23-14-7-16-15(24-9-25-16)6-11(14)8-20-21-17(22)10-3-4-12(18)13(19)5-10/h3-8H,2,9H2,1H3,(H,21,22)/b20-8+. The van der Waals surface area contributed by atoms with Crippen LogP contribution in [0, 0.1) is 0 Å². The van der Waals surface area contributed by atoms with E-state index < -0.39 is 5.91 Å². The van der Waals surface area contributed by atoms with Gasteiger partial charge in [0.05, 0.1) is 22.9 Å². The summed E-state index contributed by atoms with van der Waals surface area (Å²) in [6.07, 6.45) is 1.47. The third-order valence-electron chi connectivity index (χ3n) is 3.36. The number of hydrogen-bond acceptors (Lipinski definition) is 5. The quantitative estimate of drug-likeness (QED) is 0.630. The van der Waals surface area contributed by atoms with Gasteiger partial charge in [0, 0.05) is 17.2 Å². The van der Waals surface area contributed by atoms with Gasteiger partial charge >= 0.3 is 0 Å². The van der Waals surface area contributed by atoms with Gasteiger partial charge in [-0.2, -0.15) is 5.10 Å². The van der Waals surface area contributed by atoms with E-state index >= 15 is 0 Å². The van der Waals surface area contributed by atoms with E-state index in [2.05, 4.69) is 10.5 Å². The first-order valence-corrected chi connectivity index (χ1v) is 8.19. The molecule has 2 aromatic carbocycles. The number of ether oxygens (including phenoxy) is 3. The Morgan fingerprint density at radius 2 is 2.00 bits per heavy atom. The molecule has 130 valence electrons. The van der Waals surface area contributed by atoms with Crippen LogP contribution in [-0.2, 0) is 0 Å². The van der Waals surface area contributed by atoms with Crippen molar-refractivity contribution in [2.75, 3.05) is 13.4 Å². The van der Waals surface area contributed by atoms with E-state index in [4.69, 9.17) is 37.4 Å². The molecule has 0 fully saturated rings. The molecule has 25 heavy (non-hydrogen) atoms.